The monoisotopic (exact) mass is 345 g/mol. The van der Waals surface area contributed by atoms with E-state index in [2.05, 4.69) is 29.6 Å². The number of benzene rings is 2. The number of urea groups is 1. The lowest BCUT2D eigenvalue weighted by molar-refractivity contribution is 0.168. The summed E-state index contributed by atoms with van der Waals surface area (Å²) in [4.78, 5) is 14.6. The van der Waals surface area contributed by atoms with Crippen LogP contribution in [0.4, 0.5) is 4.79 Å². The highest BCUT2D eigenvalue weighted by atomic mass is 16.2. The number of amides is 2. The fraction of sp³-hybridized carbons (Fsp3) is 0.364. The number of carbonyl (C=O) groups is 1. The minimum absolute atomic E-state index is 0.00805. The van der Waals surface area contributed by atoms with Crippen molar-refractivity contribution in [2.45, 2.75) is 37.1 Å². The first-order chi connectivity index (χ1) is 12.7. The van der Waals surface area contributed by atoms with Crippen molar-refractivity contribution in [1.29, 1.82) is 5.26 Å². The van der Waals surface area contributed by atoms with Crippen LogP contribution in [0.3, 0.4) is 0 Å². The molecule has 26 heavy (non-hydrogen) atoms. The van der Waals surface area contributed by atoms with E-state index in [4.69, 9.17) is 0 Å². The molecule has 4 heteroatoms. The second-order valence-electron chi connectivity index (χ2n) is 7.29. The summed E-state index contributed by atoms with van der Waals surface area (Å²) in [6.07, 6.45) is 3.35. The summed E-state index contributed by atoms with van der Waals surface area (Å²) in [5.74, 6) is 0. The zero-order chi connectivity index (χ0) is 18.0. The lowest BCUT2D eigenvalue weighted by Gasteiger charge is -2.38. The van der Waals surface area contributed by atoms with Crippen LogP contribution >= 0.6 is 0 Å². The molecule has 1 N–H and O–H groups in total. The first-order valence-electron chi connectivity index (χ1n) is 9.32. The van der Waals surface area contributed by atoms with Crippen LogP contribution in [0.5, 0.6) is 0 Å². The maximum absolute atomic E-state index is 12.7. The van der Waals surface area contributed by atoms with Crippen molar-refractivity contribution in [2.24, 2.45) is 0 Å². The molecule has 4 nitrogen and oxygen atoms in total. The molecular formula is C22H23N3O. The number of likely N-dealkylation sites (tertiary alicyclic amines) is 1. The zero-order valence-corrected chi connectivity index (χ0v) is 14.8. The molecule has 1 saturated heterocycles. The van der Waals surface area contributed by atoms with Crippen molar-refractivity contribution in [1.82, 2.24) is 10.2 Å². The van der Waals surface area contributed by atoms with Crippen LogP contribution in [-0.4, -0.2) is 24.0 Å². The van der Waals surface area contributed by atoms with Gasteiger partial charge in [0.25, 0.3) is 0 Å². The van der Waals surface area contributed by atoms with E-state index in [1.165, 1.54) is 11.1 Å². The van der Waals surface area contributed by atoms with Crippen LogP contribution in [-0.2, 0) is 11.8 Å². The van der Waals surface area contributed by atoms with Gasteiger partial charge in [-0.3, -0.25) is 0 Å². The van der Waals surface area contributed by atoms with Gasteiger partial charge >= 0.3 is 6.03 Å². The number of aryl methyl sites for hydroxylation is 1. The van der Waals surface area contributed by atoms with Crippen molar-refractivity contribution in [3.8, 4) is 6.07 Å². The molecule has 1 aliphatic heterocycles. The molecule has 2 amide bonds. The maximum atomic E-state index is 12.7. The SMILES string of the molecule is N#CC1(c2ccccc2)CCN(C(=O)N[C@@H]2CCc3ccccc32)CC1. The van der Waals surface area contributed by atoms with Crippen LogP contribution < -0.4 is 5.32 Å². The van der Waals surface area contributed by atoms with Gasteiger partial charge in [-0.25, -0.2) is 4.79 Å². The van der Waals surface area contributed by atoms with E-state index in [0.29, 0.717) is 25.9 Å². The Labute approximate surface area is 154 Å². The van der Waals surface area contributed by atoms with Gasteiger partial charge in [0, 0.05) is 13.1 Å². The van der Waals surface area contributed by atoms with Gasteiger partial charge in [0.15, 0.2) is 0 Å². The van der Waals surface area contributed by atoms with Crippen molar-refractivity contribution in [2.75, 3.05) is 13.1 Å². The molecule has 0 bridgehead atoms. The first-order valence-corrected chi connectivity index (χ1v) is 9.32. The predicted molar refractivity (Wildman–Crippen MR) is 101 cm³/mol. The number of carbonyl (C=O) groups excluding carboxylic acids is 1. The molecule has 0 saturated carbocycles. The lowest BCUT2D eigenvalue weighted by atomic mass is 9.74. The summed E-state index contributed by atoms with van der Waals surface area (Å²) in [6, 6.07) is 20.9. The third-order valence-corrected chi connectivity index (χ3v) is 5.88. The molecule has 0 radical (unpaired) electrons. The third kappa shape index (κ3) is 2.94. The summed E-state index contributed by atoms with van der Waals surface area (Å²) in [5.41, 5.74) is 3.17. The average molecular weight is 345 g/mol. The molecule has 1 atom stereocenters. The van der Waals surface area contributed by atoms with E-state index in [1.54, 1.807) is 0 Å². The van der Waals surface area contributed by atoms with Crippen LogP contribution in [0.25, 0.3) is 0 Å². The fourth-order valence-electron chi connectivity index (χ4n) is 4.26. The Morgan fingerprint density at radius 3 is 2.50 bits per heavy atom. The molecule has 2 aromatic rings. The topological polar surface area (TPSA) is 56.1 Å². The van der Waals surface area contributed by atoms with E-state index in [9.17, 15) is 10.1 Å². The molecule has 1 aliphatic carbocycles. The largest absolute Gasteiger partial charge is 0.331 e. The molecule has 2 aromatic carbocycles. The number of rotatable bonds is 2. The number of nitrogens with one attached hydrogen (secondary N) is 1. The highest BCUT2D eigenvalue weighted by Gasteiger charge is 2.38. The molecule has 0 unspecified atom stereocenters. The van der Waals surface area contributed by atoms with Gasteiger partial charge in [0.1, 0.15) is 0 Å². The Morgan fingerprint density at radius 1 is 1.08 bits per heavy atom. The maximum Gasteiger partial charge on any atom is 0.317 e. The van der Waals surface area contributed by atoms with Gasteiger partial charge < -0.3 is 10.2 Å². The van der Waals surface area contributed by atoms with Gasteiger partial charge in [0.05, 0.1) is 17.5 Å². The van der Waals surface area contributed by atoms with Gasteiger partial charge in [-0.2, -0.15) is 5.26 Å². The summed E-state index contributed by atoms with van der Waals surface area (Å²) in [6.45, 7) is 1.23. The number of piperidine rings is 1. The smallest absolute Gasteiger partial charge is 0.317 e. The highest BCUT2D eigenvalue weighted by Crippen LogP contribution is 2.35. The van der Waals surface area contributed by atoms with E-state index in [0.717, 1.165) is 18.4 Å². The van der Waals surface area contributed by atoms with Crippen LogP contribution in [0.2, 0.25) is 0 Å². The molecule has 1 fully saturated rings. The summed E-state index contributed by atoms with van der Waals surface area (Å²) >= 11 is 0. The van der Waals surface area contributed by atoms with Crippen molar-refractivity contribution in [3.05, 3.63) is 71.3 Å². The summed E-state index contributed by atoms with van der Waals surface area (Å²) in [7, 11) is 0. The minimum atomic E-state index is -0.474. The molecule has 0 aromatic heterocycles. The van der Waals surface area contributed by atoms with Crippen LogP contribution in [0.1, 0.15) is 42.0 Å². The van der Waals surface area contributed by atoms with E-state index in [-0.39, 0.29) is 12.1 Å². The molecule has 2 aliphatic rings. The zero-order valence-electron chi connectivity index (χ0n) is 14.8. The van der Waals surface area contributed by atoms with Gasteiger partial charge in [-0.05, 0) is 42.4 Å². The Morgan fingerprint density at radius 2 is 1.77 bits per heavy atom. The Bertz CT molecular complexity index is 832. The van der Waals surface area contributed by atoms with Gasteiger partial charge in [-0.1, -0.05) is 54.6 Å². The number of nitrogens with zero attached hydrogens (tertiary/aromatic N) is 2. The Balaban J connectivity index is 1.41. The molecule has 1 heterocycles. The number of hydrogen-bond acceptors (Lipinski definition) is 2. The molecule has 4 rings (SSSR count). The second kappa shape index (κ2) is 6.84. The number of hydrogen-bond donors (Lipinski definition) is 1. The van der Waals surface area contributed by atoms with Crippen molar-refractivity contribution < 1.29 is 4.79 Å². The number of nitriles is 1. The number of fused-ring (bicyclic) bond motifs is 1. The summed E-state index contributed by atoms with van der Waals surface area (Å²) in [5, 5.41) is 13.0. The Kier molecular flexibility index (Phi) is 4.38. The Hall–Kier alpha value is -2.80. The minimum Gasteiger partial charge on any atom is -0.331 e. The fourth-order valence-corrected chi connectivity index (χ4v) is 4.26. The van der Waals surface area contributed by atoms with Crippen molar-refractivity contribution in [3.63, 3.8) is 0 Å². The molecule has 0 spiro atoms. The third-order valence-electron chi connectivity index (χ3n) is 5.88. The second-order valence-corrected chi connectivity index (χ2v) is 7.29. The standard InChI is InChI=1S/C22H23N3O/c23-16-22(18-7-2-1-3-8-18)12-14-25(15-13-22)21(26)24-20-11-10-17-6-4-5-9-19(17)20/h1-9,20H,10-15H2,(H,24,26)/t20-/m1/s1. The van der Waals surface area contributed by atoms with Gasteiger partial charge in [0.2, 0.25) is 0 Å². The molecular weight excluding hydrogens is 322 g/mol. The molecule has 132 valence electrons. The van der Waals surface area contributed by atoms with Crippen molar-refractivity contribution >= 4 is 6.03 Å². The summed E-state index contributed by atoms with van der Waals surface area (Å²) < 4.78 is 0. The highest BCUT2D eigenvalue weighted by molar-refractivity contribution is 5.75. The quantitative estimate of drug-likeness (QED) is 0.896. The van der Waals surface area contributed by atoms with Crippen LogP contribution in [0, 0.1) is 11.3 Å². The van der Waals surface area contributed by atoms with Gasteiger partial charge in [-0.15, -0.1) is 0 Å². The van der Waals surface area contributed by atoms with E-state index in [1.807, 2.05) is 41.3 Å². The normalized spacial score (nSPS) is 20.9. The predicted octanol–water partition coefficient (Wildman–Crippen LogP) is 3.94. The van der Waals surface area contributed by atoms with Crippen LogP contribution in [0.15, 0.2) is 54.6 Å². The average Bonchev–Trinajstić information content (AvgIpc) is 3.11. The lowest BCUT2D eigenvalue weighted by Crippen LogP contribution is -2.48. The van der Waals surface area contributed by atoms with E-state index < -0.39 is 5.41 Å². The first kappa shape index (κ1) is 16.7. The van der Waals surface area contributed by atoms with E-state index >= 15 is 0 Å².